The van der Waals surface area contributed by atoms with Crippen LogP contribution in [0.5, 0.6) is 0 Å². The summed E-state index contributed by atoms with van der Waals surface area (Å²) in [6.07, 6.45) is 3.61. The summed E-state index contributed by atoms with van der Waals surface area (Å²) in [5.74, 6) is -1.36. The number of carboxylic acids is 1. The standard InChI is InChI=1S/C15H24N2O5/c1-3-9-22-11-14(19)16-7-4-5-13(6-8-16)17(12(2)18)10-15(20)21/h3,13H,1,4-11H2,2H3,(H,20,21). The van der Waals surface area contributed by atoms with Crippen molar-refractivity contribution in [2.24, 2.45) is 0 Å². The summed E-state index contributed by atoms with van der Waals surface area (Å²) < 4.78 is 5.15. The molecule has 0 aromatic carbocycles. The summed E-state index contributed by atoms with van der Waals surface area (Å²) in [6, 6.07) is -0.138. The lowest BCUT2D eigenvalue weighted by Crippen LogP contribution is -2.43. The second-order valence-electron chi connectivity index (χ2n) is 5.31. The summed E-state index contributed by atoms with van der Waals surface area (Å²) in [6.45, 7) is 6.05. The Bertz CT molecular complexity index is 424. The maximum absolute atomic E-state index is 12.0. The minimum atomic E-state index is -1.02. The molecule has 0 aromatic heterocycles. The smallest absolute Gasteiger partial charge is 0.323 e. The maximum atomic E-state index is 12.0. The fourth-order valence-electron chi connectivity index (χ4n) is 2.60. The van der Waals surface area contributed by atoms with Crippen LogP contribution in [0.2, 0.25) is 0 Å². The van der Waals surface area contributed by atoms with Gasteiger partial charge in [0.2, 0.25) is 11.8 Å². The molecule has 0 aliphatic carbocycles. The maximum Gasteiger partial charge on any atom is 0.323 e. The summed E-state index contributed by atoms with van der Waals surface area (Å²) >= 11 is 0. The summed E-state index contributed by atoms with van der Waals surface area (Å²) in [7, 11) is 0. The van der Waals surface area contributed by atoms with Crippen LogP contribution in [0.15, 0.2) is 12.7 Å². The molecular weight excluding hydrogens is 288 g/mol. The van der Waals surface area contributed by atoms with Gasteiger partial charge in [0, 0.05) is 26.1 Å². The predicted molar refractivity (Wildman–Crippen MR) is 80.3 cm³/mol. The molecule has 1 saturated heterocycles. The zero-order valence-electron chi connectivity index (χ0n) is 13.0. The predicted octanol–water partition coefficient (Wildman–Crippen LogP) is 0.503. The molecule has 124 valence electrons. The summed E-state index contributed by atoms with van der Waals surface area (Å²) in [5, 5.41) is 8.91. The number of hydrogen-bond acceptors (Lipinski definition) is 4. The molecule has 1 fully saturated rings. The molecule has 1 heterocycles. The van der Waals surface area contributed by atoms with E-state index in [1.807, 2.05) is 0 Å². The molecule has 7 nitrogen and oxygen atoms in total. The first-order chi connectivity index (χ1) is 10.5. The highest BCUT2D eigenvalue weighted by Crippen LogP contribution is 2.17. The van der Waals surface area contributed by atoms with Gasteiger partial charge in [-0.3, -0.25) is 14.4 Å². The van der Waals surface area contributed by atoms with Crippen LogP contribution in [0.1, 0.15) is 26.2 Å². The zero-order valence-corrected chi connectivity index (χ0v) is 13.0. The molecule has 0 saturated carbocycles. The normalized spacial score (nSPS) is 18.4. The minimum absolute atomic E-state index is 0.0161. The van der Waals surface area contributed by atoms with Gasteiger partial charge in [-0.05, 0) is 19.3 Å². The zero-order chi connectivity index (χ0) is 16.5. The number of carbonyl (C=O) groups is 3. The van der Waals surface area contributed by atoms with E-state index in [4.69, 9.17) is 9.84 Å². The second-order valence-corrected chi connectivity index (χ2v) is 5.31. The molecule has 0 aromatic rings. The van der Waals surface area contributed by atoms with Crippen molar-refractivity contribution in [3.8, 4) is 0 Å². The van der Waals surface area contributed by atoms with E-state index in [9.17, 15) is 14.4 Å². The van der Waals surface area contributed by atoms with Gasteiger partial charge in [0.05, 0.1) is 6.61 Å². The number of rotatable bonds is 7. The van der Waals surface area contributed by atoms with Gasteiger partial charge in [-0.15, -0.1) is 6.58 Å². The average molecular weight is 312 g/mol. The number of aliphatic carboxylic acids is 1. The SMILES string of the molecule is C=CCOCC(=O)N1CCCC(N(CC(=O)O)C(C)=O)CC1. The molecule has 1 aliphatic rings. The van der Waals surface area contributed by atoms with Crippen molar-refractivity contribution in [1.82, 2.24) is 9.80 Å². The van der Waals surface area contributed by atoms with Crippen LogP contribution in [0.3, 0.4) is 0 Å². The van der Waals surface area contributed by atoms with E-state index in [2.05, 4.69) is 6.58 Å². The molecule has 0 bridgehead atoms. The van der Waals surface area contributed by atoms with E-state index in [1.54, 1.807) is 11.0 Å². The molecular formula is C15H24N2O5. The van der Waals surface area contributed by atoms with E-state index < -0.39 is 5.97 Å². The Kier molecular flexibility index (Phi) is 7.59. The fourth-order valence-corrected chi connectivity index (χ4v) is 2.60. The lowest BCUT2D eigenvalue weighted by molar-refractivity contribution is -0.145. The van der Waals surface area contributed by atoms with Gasteiger partial charge >= 0.3 is 5.97 Å². The van der Waals surface area contributed by atoms with Crippen LogP contribution in [-0.2, 0) is 19.1 Å². The average Bonchev–Trinajstić information content (AvgIpc) is 2.70. The Morgan fingerprint density at radius 2 is 2.09 bits per heavy atom. The Morgan fingerprint density at radius 1 is 1.36 bits per heavy atom. The molecule has 2 amide bonds. The van der Waals surface area contributed by atoms with Gasteiger partial charge in [0.1, 0.15) is 13.2 Å². The van der Waals surface area contributed by atoms with E-state index in [0.29, 0.717) is 32.5 Å². The summed E-state index contributed by atoms with van der Waals surface area (Å²) in [4.78, 5) is 37.6. The number of amides is 2. The van der Waals surface area contributed by atoms with Crippen molar-refractivity contribution in [1.29, 1.82) is 0 Å². The highest BCUT2D eigenvalue weighted by molar-refractivity contribution is 5.80. The Labute approximate surface area is 130 Å². The molecule has 0 spiro atoms. The Hall–Kier alpha value is -1.89. The first-order valence-electron chi connectivity index (χ1n) is 7.41. The second kappa shape index (κ2) is 9.19. The van der Waals surface area contributed by atoms with Crippen LogP contribution >= 0.6 is 0 Å². The van der Waals surface area contributed by atoms with Crippen molar-refractivity contribution >= 4 is 17.8 Å². The quantitative estimate of drug-likeness (QED) is 0.546. The summed E-state index contributed by atoms with van der Waals surface area (Å²) in [5.41, 5.74) is 0. The van der Waals surface area contributed by atoms with E-state index in [0.717, 1.165) is 6.42 Å². The van der Waals surface area contributed by atoms with Crippen molar-refractivity contribution < 1.29 is 24.2 Å². The minimum Gasteiger partial charge on any atom is -0.480 e. The van der Waals surface area contributed by atoms with Gasteiger partial charge in [0.15, 0.2) is 0 Å². The van der Waals surface area contributed by atoms with Gasteiger partial charge in [0.25, 0.3) is 0 Å². The van der Waals surface area contributed by atoms with Crippen molar-refractivity contribution in [2.45, 2.75) is 32.2 Å². The van der Waals surface area contributed by atoms with Gasteiger partial charge in [-0.25, -0.2) is 0 Å². The first kappa shape index (κ1) is 18.2. The highest BCUT2D eigenvalue weighted by atomic mass is 16.5. The van der Waals surface area contributed by atoms with Crippen LogP contribution in [0, 0.1) is 0 Å². The molecule has 7 heteroatoms. The van der Waals surface area contributed by atoms with Crippen LogP contribution in [0.25, 0.3) is 0 Å². The Balaban J connectivity index is 2.56. The molecule has 1 atom stereocenters. The molecule has 1 aliphatic heterocycles. The molecule has 1 rings (SSSR count). The largest absolute Gasteiger partial charge is 0.480 e. The van der Waals surface area contributed by atoms with Crippen LogP contribution in [-0.4, -0.2) is 71.6 Å². The molecule has 1 unspecified atom stereocenters. The monoisotopic (exact) mass is 312 g/mol. The van der Waals surface area contributed by atoms with Crippen LogP contribution < -0.4 is 0 Å². The number of carboxylic acid groups (broad SMARTS) is 1. The van der Waals surface area contributed by atoms with Crippen molar-refractivity contribution in [3.05, 3.63) is 12.7 Å². The molecule has 22 heavy (non-hydrogen) atoms. The number of ether oxygens (including phenoxy) is 1. The van der Waals surface area contributed by atoms with E-state index in [-0.39, 0.29) is 31.0 Å². The van der Waals surface area contributed by atoms with Gasteiger partial charge in [-0.2, -0.15) is 0 Å². The Morgan fingerprint density at radius 3 is 2.68 bits per heavy atom. The molecule has 1 N–H and O–H groups in total. The topological polar surface area (TPSA) is 87.2 Å². The van der Waals surface area contributed by atoms with Crippen molar-refractivity contribution in [3.63, 3.8) is 0 Å². The van der Waals surface area contributed by atoms with E-state index >= 15 is 0 Å². The lowest BCUT2D eigenvalue weighted by Gasteiger charge is -2.28. The first-order valence-corrected chi connectivity index (χ1v) is 7.41. The number of nitrogens with zero attached hydrogens (tertiary/aromatic N) is 2. The van der Waals surface area contributed by atoms with Gasteiger partial charge in [-0.1, -0.05) is 6.08 Å². The lowest BCUT2D eigenvalue weighted by atomic mass is 10.1. The molecule has 0 radical (unpaired) electrons. The number of carbonyl (C=O) groups excluding carboxylic acids is 2. The van der Waals surface area contributed by atoms with Crippen LogP contribution in [0.4, 0.5) is 0 Å². The third-order valence-electron chi connectivity index (χ3n) is 3.66. The highest BCUT2D eigenvalue weighted by Gasteiger charge is 2.27. The van der Waals surface area contributed by atoms with E-state index in [1.165, 1.54) is 11.8 Å². The number of hydrogen-bond donors (Lipinski definition) is 1. The van der Waals surface area contributed by atoms with Crippen molar-refractivity contribution in [2.75, 3.05) is 32.8 Å². The third kappa shape index (κ3) is 5.85. The third-order valence-corrected chi connectivity index (χ3v) is 3.66. The fraction of sp³-hybridized carbons (Fsp3) is 0.667. The van der Waals surface area contributed by atoms with Gasteiger partial charge < -0.3 is 19.6 Å². The number of likely N-dealkylation sites (tertiary alicyclic amines) is 1.